The first kappa shape index (κ1) is 21.3. The number of hydrogen-bond donors (Lipinski definition) is 1. The van der Waals surface area contributed by atoms with Crippen molar-refractivity contribution in [3.63, 3.8) is 0 Å². The van der Waals surface area contributed by atoms with Gasteiger partial charge in [-0.1, -0.05) is 43.5 Å². The van der Waals surface area contributed by atoms with Gasteiger partial charge in [0.15, 0.2) is 0 Å². The summed E-state index contributed by atoms with van der Waals surface area (Å²) in [6.45, 7) is 0.925. The third-order valence-electron chi connectivity index (χ3n) is 6.98. The van der Waals surface area contributed by atoms with Crippen LogP contribution in [0.5, 0.6) is 5.75 Å². The van der Waals surface area contributed by atoms with Gasteiger partial charge in [0.2, 0.25) is 0 Å². The lowest BCUT2D eigenvalue weighted by Gasteiger charge is -2.40. The maximum Gasteiger partial charge on any atom is 0.270 e. The summed E-state index contributed by atoms with van der Waals surface area (Å²) < 4.78 is 33.7. The van der Waals surface area contributed by atoms with E-state index in [1.54, 1.807) is 12.1 Å². The molecule has 2 aliphatic rings. The fourth-order valence-corrected chi connectivity index (χ4v) is 5.35. The second kappa shape index (κ2) is 9.05. The van der Waals surface area contributed by atoms with E-state index in [9.17, 15) is 8.78 Å². The van der Waals surface area contributed by atoms with Crippen molar-refractivity contribution in [2.75, 3.05) is 0 Å². The number of nitrogens with two attached hydrogens (primary N) is 1. The molecule has 0 bridgehead atoms. The zero-order valence-corrected chi connectivity index (χ0v) is 17.8. The number of hydrogen-bond acceptors (Lipinski definition) is 2. The Hall–Kier alpha value is -1.94. The monoisotopic (exact) mass is 413 g/mol. The molecule has 2 aromatic carbocycles. The lowest BCUT2D eigenvalue weighted by atomic mass is 9.70. The van der Waals surface area contributed by atoms with Crippen LogP contribution in [0.2, 0.25) is 0 Å². The number of rotatable bonds is 4. The number of benzene rings is 2. The zero-order valence-electron chi connectivity index (χ0n) is 17.8. The molecule has 2 aromatic rings. The van der Waals surface area contributed by atoms with Crippen molar-refractivity contribution in [2.45, 2.75) is 76.4 Å². The van der Waals surface area contributed by atoms with Gasteiger partial charge in [0.05, 0.1) is 0 Å². The van der Waals surface area contributed by atoms with E-state index in [-0.39, 0.29) is 17.7 Å². The van der Waals surface area contributed by atoms with Crippen LogP contribution >= 0.6 is 0 Å². The molecule has 0 heterocycles. The maximum atomic E-state index is 13.6. The SMILES string of the molecule is CC(F)(F)c1ccc(O[C@H]2c3ccccc3CC[C@@H]2C2CCCCC[C@H](N)C2)cc1. The molecular weight excluding hydrogens is 380 g/mol. The summed E-state index contributed by atoms with van der Waals surface area (Å²) >= 11 is 0. The first-order valence-electron chi connectivity index (χ1n) is 11.4. The minimum Gasteiger partial charge on any atom is -0.485 e. The summed E-state index contributed by atoms with van der Waals surface area (Å²) in [5.41, 5.74) is 9.04. The van der Waals surface area contributed by atoms with Gasteiger partial charge in [-0.2, -0.15) is 0 Å². The molecule has 1 unspecified atom stereocenters. The summed E-state index contributed by atoms with van der Waals surface area (Å²) in [7, 11) is 0. The van der Waals surface area contributed by atoms with Crippen LogP contribution in [-0.4, -0.2) is 6.04 Å². The van der Waals surface area contributed by atoms with E-state index in [1.807, 2.05) is 0 Å². The van der Waals surface area contributed by atoms with Crippen LogP contribution in [0.1, 0.15) is 74.7 Å². The van der Waals surface area contributed by atoms with Crippen molar-refractivity contribution in [1.82, 2.24) is 0 Å². The number of halogens is 2. The van der Waals surface area contributed by atoms with Crippen LogP contribution in [0.15, 0.2) is 48.5 Å². The van der Waals surface area contributed by atoms with Crippen molar-refractivity contribution in [1.29, 1.82) is 0 Å². The summed E-state index contributed by atoms with van der Waals surface area (Å²) in [6.07, 6.45) is 9.19. The summed E-state index contributed by atoms with van der Waals surface area (Å²) in [5.74, 6) is -1.24. The molecule has 1 saturated carbocycles. The molecule has 4 heteroatoms. The number of fused-ring (bicyclic) bond motifs is 1. The second-order valence-electron chi connectivity index (χ2n) is 9.25. The van der Waals surface area contributed by atoms with Gasteiger partial charge in [0.1, 0.15) is 11.9 Å². The van der Waals surface area contributed by atoms with Crippen LogP contribution in [0.3, 0.4) is 0 Å². The fraction of sp³-hybridized carbons (Fsp3) is 0.538. The van der Waals surface area contributed by atoms with E-state index >= 15 is 0 Å². The van der Waals surface area contributed by atoms with Crippen LogP contribution in [-0.2, 0) is 12.3 Å². The predicted octanol–water partition coefficient (Wildman–Crippen LogP) is 6.78. The molecule has 2 nitrogen and oxygen atoms in total. The Kier molecular flexibility index (Phi) is 6.43. The molecule has 1 fully saturated rings. The smallest absolute Gasteiger partial charge is 0.270 e. The average molecular weight is 414 g/mol. The van der Waals surface area contributed by atoms with E-state index < -0.39 is 5.92 Å². The van der Waals surface area contributed by atoms with Gasteiger partial charge in [-0.3, -0.25) is 0 Å². The minimum atomic E-state index is -2.84. The molecule has 2 aliphatic carbocycles. The van der Waals surface area contributed by atoms with Crippen molar-refractivity contribution >= 4 is 0 Å². The van der Waals surface area contributed by atoms with E-state index in [1.165, 1.54) is 48.9 Å². The first-order valence-corrected chi connectivity index (χ1v) is 11.4. The number of aryl methyl sites for hydroxylation is 1. The topological polar surface area (TPSA) is 35.2 Å². The molecule has 0 amide bonds. The van der Waals surface area contributed by atoms with Gasteiger partial charge >= 0.3 is 0 Å². The molecule has 0 saturated heterocycles. The molecule has 0 aliphatic heterocycles. The quantitative estimate of drug-likeness (QED) is 0.600. The lowest BCUT2D eigenvalue weighted by molar-refractivity contribution is 0.0173. The maximum absolute atomic E-state index is 13.6. The normalized spacial score (nSPS) is 27.6. The Labute approximate surface area is 178 Å². The second-order valence-corrected chi connectivity index (χ2v) is 9.25. The highest BCUT2D eigenvalue weighted by Crippen LogP contribution is 2.45. The summed E-state index contributed by atoms with van der Waals surface area (Å²) in [6, 6.07) is 15.1. The molecule has 0 spiro atoms. The van der Waals surface area contributed by atoms with Crippen molar-refractivity contribution < 1.29 is 13.5 Å². The molecule has 4 atom stereocenters. The molecular formula is C26H33F2NO. The molecule has 2 N–H and O–H groups in total. The predicted molar refractivity (Wildman–Crippen MR) is 117 cm³/mol. The van der Waals surface area contributed by atoms with E-state index in [2.05, 4.69) is 24.3 Å². The van der Waals surface area contributed by atoms with Crippen LogP contribution in [0.4, 0.5) is 8.78 Å². The van der Waals surface area contributed by atoms with Crippen molar-refractivity contribution in [2.24, 2.45) is 17.6 Å². The van der Waals surface area contributed by atoms with Crippen LogP contribution < -0.4 is 10.5 Å². The molecule has 162 valence electrons. The first-order chi connectivity index (χ1) is 14.4. The van der Waals surface area contributed by atoms with Gasteiger partial charge in [-0.05, 0) is 73.4 Å². The van der Waals surface area contributed by atoms with Crippen LogP contribution in [0, 0.1) is 11.8 Å². The number of ether oxygens (including phenoxy) is 1. The van der Waals surface area contributed by atoms with Crippen molar-refractivity contribution in [3.8, 4) is 5.75 Å². The zero-order chi connectivity index (χ0) is 21.1. The Balaban J connectivity index is 1.61. The third kappa shape index (κ3) is 4.85. The van der Waals surface area contributed by atoms with E-state index in [0.29, 0.717) is 17.6 Å². The fourth-order valence-electron chi connectivity index (χ4n) is 5.35. The Morgan fingerprint density at radius 1 is 0.933 bits per heavy atom. The lowest BCUT2D eigenvalue weighted by Crippen LogP contribution is -2.35. The van der Waals surface area contributed by atoms with E-state index in [4.69, 9.17) is 10.5 Å². The Morgan fingerprint density at radius 3 is 2.43 bits per heavy atom. The third-order valence-corrected chi connectivity index (χ3v) is 6.98. The Morgan fingerprint density at radius 2 is 1.67 bits per heavy atom. The average Bonchev–Trinajstić information content (AvgIpc) is 2.71. The van der Waals surface area contributed by atoms with Gasteiger partial charge in [0, 0.05) is 24.4 Å². The van der Waals surface area contributed by atoms with Gasteiger partial charge in [-0.25, -0.2) is 8.78 Å². The van der Waals surface area contributed by atoms with Gasteiger partial charge in [0.25, 0.3) is 5.92 Å². The molecule has 30 heavy (non-hydrogen) atoms. The summed E-state index contributed by atoms with van der Waals surface area (Å²) in [5, 5.41) is 0. The van der Waals surface area contributed by atoms with Gasteiger partial charge in [-0.15, -0.1) is 0 Å². The van der Waals surface area contributed by atoms with Crippen LogP contribution in [0.25, 0.3) is 0 Å². The van der Waals surface area contributed by atoms with Gasteiger partial charge < -0.3 is 10.5 Å². The summed E-state index contributed by atoms with van der Waals surface area (Å²) in [4.78, 5) is 0. The minimum absolute atomic E-state index is 0.0152. The standard InChI is InChI=1S/C26H33F2NO/c1-26(27,28)20-12-14-22(15-13-20)30-25-23-10-6-5-7-18(23)11-16-24(25)19-8-3-2-4-9-21(29)17-19/h5-7,10,12-15,19,21,24-25H,2-4,8-9,11,16-17,29H2,1H3/t19?,21-,24+,25-/m0/s1. The van der Waals surface area contributed by atoms with Crippen molar-refractivity contribution in [3.05, 3.63) is 65.2 Å². The highest BCUT2D eigenvalue weighted by atomic mass is 19.3. The number of alkyl halides is 2. The molecule has 0 radical (unpaired) electrons. The highest BCUT2D eigenvalue weighted by Gasteiger charge is 2.37. The molecule has 0 aromatic heterocycles. The molecule has 4 rings (SSSR count). The van der Waals surface area contributed by atoms with E-state index in [0.717, 1.165) is 32.6 Å². The highest BCUT2D eigenvalue weighted by molar-refractivity contribution is 5.35. The Bertz CT molecular complexity index is 830. The largest absolute Gasteiger partial charge is 0.485 e.